The molecule has 2 aliphatic heterocycles. The van der Waals surface area contributed by atoms with Gasteiger partial charge in [-0.2, -0.15) is 0 Å². The first-order chi connectivity index (χ1) is 14.8. The van der Waals surface area contributed by atoms with E-state index in [0.717, 1.165) is 73.9 Å². The highest BCUT2D eigenvalue weighted by Gasteiger charge is 2.32. The smallest absolute Gasteiger partial charge is 0.159 e. The lowest BCUT2D eigenvalue weighted by molar-refractivity contribution is 0.0374. The molecule has 3 aromatic rings. The molecule has 1 saturated heterocycles. The van der Waals surface area contributed by atoms with Crippen molar-refractivity contribution in [3.8, 4) is 11.4 Å². The molecule has 5 rings (SSSR count). The fourth-order valence-corrected chi connectivity index (χ4v) is 4.06. The number of rotatable bonds is 7. The molecule has 2 aromatic carbocycles. The van der Waals surface area contributed by atoms with E-state index in [1.54, 1.807) is 6.07 Å². The Morgan fingerprint density at radius 2 is 1.77 bits per heavy atom. The van der Waals surface area contributed by atoms with Gasteiger partial charge in [0.25, 0.3) is 0 Å². The number of hydrogen-bond donors (Lipinski definition) is 0. The Bertz CT molecular complexity index is 1020. The molecule has 1 fully saturated rings. The van der Waals surface area contributed by atoms with Crippen LogP contribution in [0.3, 0.4) is 0 Å². The lowest BCUT2D eigenvalue weighted by Crippen LogP contribution is -2.36. The third kappa shape index (κ3) is 4.20. The molecule has 0 saturated carbocycles. The van der Waals surface area contributed by atoms with Crippen molar-refractivity contribution in [2.45, 2.75) is 19.4 Å². The maximum atomic E-state index is 13.8. The van der Waals surface area contributed by atoms with Crippen LogP contribution in [-0.2, 0) is 17.7 Å². The summed E-state index contributed by atoms with van der Waals surface area (Å²) in [5, 5.41) is 0. The van der Waals surface area contributed by atoms with Crippen molar-refractivity contribution in [3.05, 3.63) is 71.8 Å². The van der Waals surface area contributed by atoms with Crippen LogP contribution in [0.2, 0.25) is 0 Å². The predicted molar refractivity (Wildman–Crippen MR) is 115 cm³/mol. The first kappa shape index (κ1) is 19.2. The zero-order valence-corrected chi connectivity index (χ0v) is 16.9. The molecule has 30 heavy (non-hydrogen) atoms. The van der Waals surface area contributed by atoms with Crippen LogP contribution in [0.15, 0.2) is 54.9 Å². The summed E-state index contributed by atoms with van der Waals surface area (Å²) in [5.74, 6) is 0.569. The standard InChI is InChI=1S/C24H25FN4O/c25-21-7-2-8-22-23(21)29(22)17-18-4-1-6-20(14-18)24-26-15-19(16-27-24)5-3-9-28-10-12-30-13-11-28/h1-2,4,6-8,14-16H,3,5,9-13,17H2. The van der Waals surface area contributed by atoms with Crippen LogP contribution >= 0.6 is 0 Å². The molecule has 0 amide bonds. The number of aryl methyl sites for hydroxylation is 1. The Morgan fingerprint density at radius 3 is 2.57 bits per heavy atom. The van der Waals surface area contributed by atoms with Crippen LogP contribution < -0.4 is 4.90 Å². The van der Waals surface area contributed by atoms with E-state index in [1.165, 1.54) is 6.07 Å². The van der Waals surface area contributed by atoms with Crippen LogP contribution in [-0.4, -0.2) is 47.7 Å². The quantitative estimate of drug-likeness (QED) is 0.552. The van der Waals surface area contributed by atoms with Crippen molar-refractivity contribution in [2.24, 2.45) is 0 Å². The van der Waals surface area contributed by atoms with E-state index < -0.39 is 0 Å². The fourth-order valence-electron chi connectivity index (χ4n) is 4.06. The second kappa shape index (κ2) is 8.50. The lowest BCUT2D eigenvalue weighted by Gasteiger charge is -2.26. The summed E-state index contributed by atoms with van der Waals surface area (Å²) in [5.41, 5.74) is 4.94. The number of aromatic nitrogens is 2. The van der Waals surface area contributed by atoms with Crippen molar-refractivity contribution < 1.29 is 9.13 Å². The van der Waals surface area contributed by atoms with Crippen molar-refractivity contribution in [1.82, 2.24) is 14.9 Å². The molecule has 0 aliphatic carbocycles. The van der Waals surface area contributed by atoms with Gasteiger partial charge >= 0.3 is 0 Å². The molecular formula is C24H25FN4O. The summed E-state index contributed by atoms with van der Waals surface area (Å²) in [4.78, 5) is 13.6. The van der Waals surface area contributed by atoms with Gasteiger partial charge in [-0.25, -0.2) is 14.4 Å². The van der Waals surface area contributed by atoms with Crippen molar-refractivity contribution >= 4 is 11.4 Å². The van der Waals surface area contributed by atoms with E-state index in [0.29, 0.717) is 12.2 Å². The molecule has 6 heteroatoms. The molecule has 0 bridgehead atoms. The maximum absolute atomic E-state index is 13.8. The Morgan fingerprint density at radius 1 is 0.967 bits per heavy atom. The Hall–Kier alpha value is -2.83. The third-order valence-corrected chi connectivity index (χ3v) is 5.75. The zero-order valence-electron chi connectivity index (χ0n) is 16.9. The first-order valence-corrected chi connectivity index (χ1v) is 10.5. The van der Waals surface area contributed by atoms with Gasteiger partial charge in [0.05, 0.1) is 18.9 Å². The largest absolute Gasteiger partial charge is 0.379 e. The highest BCUT2D eigenvalue weighted by atomic mass is 19.1. The summed E-state index contributed by atoms with van der Waals surface area (Å²) in [6.45, 7) is 5.49. The van der Waals surface area contributed by atoms with Crippen molar-refractivity contribution in [1.29, 1.82) is 0 Å². The van der Waals surface area contributed by atoms with Gasteiger partial charge in [-0.1, -0.05) is 24.3 Å². The van der Waals surface area contributed by atoms with Crippen LogP contribution in [0.1, 0.15) is 17.5 Å². The van der Waals surface area contributed by atoms with Gasteiger partial charge in [-0.05, 0) is 48.7 Å². The van der Waals surface area contributed by atoms with Gasteiger partial charge in [0.15, 0.2) is 5.82 Å². The number of fused-ring (bicyclic) bond motifs is 1. The lowest BCUT2D eigenvalue weighted by atomic mass is 10.1. The Kier molecular flexibility index (Phi) is 5.43. The third-order valence-electron chi connectivity index (χ3n) is 5.75. The molecule has 0 atom stereocenters. The molecule has 2 aliphatic rings. The maximum Gasteiger partial charge on any atom is 0.159 e. The SMILES string of the molecule is Fc1cccc2c1N2Cc1cccc(-c2ncc(CCCN3CCOCC3)cn2)c1. The summed E-state index contributed by atoms with van der Waals surface area (Å²) >= 11 is 0. The van der Waals surface area contributed by atoms with Crippen molar-refractivity contribution in [2.75, 3.05) is 37.7 Å². The number of benzene rings is 2. The molecule has 0 radical (unpaired) electrons. The Balaban J connectivity index is 1.19. The average molecular weight is 404 g/mol. The molecular weight excluding hydrogens is 379 g/mol. The van der Waals surface area contributed by atoms with E-state index in [1.807, 2.05) is 35.5 Å². The number of halogens is 1. The number of para-hydroxylation sites is 1. The van der Waals surface area contributed by atoms with Crippen LogP contribution in [0.5, 0.6) is 0 Å². The second-order valence-electron chi connectivity index (χ2n) is 7.87. The predicted octanol–water partition coefficient (Wildman–Crippen LogP) is 4.20. The fraction of sp³-hybridized carbons (Fsp3) is 0.333. The molecule has 154 valence electrons. The minimum atomic E-state index is -0.156. The molecule has 0 N–H and O–H groups in total. The van der Waals surface area contributed by atoms with Crippen LogP contribution in [0, 0.1) is 5.82 Å². The number of nitrogens with zero attached hydrogens (tertiary/aromatic N) is 4. The van der Waals surface area contributed by atoms with E-state index in [4.69, 9.17) is 4.74 Å². The number of anilines is 2. The number of hydrogen-bond acceptors (Lipinski definition) is 5. The van der Waals surface area contributed by atoms with Crippen LogP contribution in [0.4, 0.5) is 15.8 Å². The van der Waals surface area contributed by atoms with Gasteiger partial charge in [0, 0.05) is 37.6 Å². The molecule has 0 unspecified atom stereocenters. The number of ether oxygens (including phenoxy) is 1. The number of morpholine rings is 1. The van der Waals surface area contributed by atoms with E-state index >= 15 is 0 Å². The Labute approximate surface area is 176 Å². The van der Waals surface area contributed by atoms with Gasteiger partial charge in [0.1, 0.15) is 11.5 Å². The van der Waals surface area contributed by atoms with E-state index in [2.05, 4.69) is 27.0 Å². The summed E-state index contributed by atoms with van der Waals surface area (Å²) in [6, 6.07) is 13.4. The van der Waals surface area contributed by atoms with Crippen LogP contribution in [0.25, 0.3) is 11.4 Å². The molecule has 5 nitrogen and oxygen atoms in total. The molecule has 1 aromatic heterocycles. The zero-order chi connectivity index (χ0) is 20.3. The van der Waals surface area contributed by atoms with Gasteiger partial charge in [-0.15, -0.1) is 0 Å². The topological polar surface area (TPSA) is 41.3 Å². The highest BCUT2D eigenvalue weighted by Crippen LogP contribution is 2.50. The van der Waals surface area contributed by atoms with E-state index in [9.17, 15) is 4.39 Å². The van der Waals surface area contributed by atoms with Crippen molar-refractivity contribution in [3.63, 3.8) is 0 Å². The highest BCUT2D eigenvalue weighted by molar-refractivity contribution is 5.93. The van der Waals surface area contributed by atoms with Gasteiger partial charge < -0.3 is 9.64 Å². The molecule has 3 heterocycles. The van der Waals surface area contributed by atoms with E-state index in [-0.39, 0.29) is 5.82 Å². The monoisotopic (exact) mass is 404 g/mol. The minimum Gasteiger partial charge on any atom is -0.379 e. The summed E-state index contributed by atoms with van der Waals surface area (Å²) < 4.78 is 19.2. The van der Waals surface area contributed by atoms with Gasteiger partial charge in [0.2, 0.25) is 0 Å². The summed E-state index contributed by atoms with van der Waals surface area (Å²) in [7, 11) is 0. The second-order valence-corrected chi connectivity index (χ2v) is 7.87. The average Bonchev–Trinajstić information content (AvgIpc) is 3.49. The minimum absolute atomic E-state index is 0.156. The molecule has 0 spiro atoms. The normalized spacial score (nSPS) is 15.8. The summed E-state index contributed by atoms with van der Waals surface area (Å²) in [6.07, 6.45) is 5.95. The van der Waals surface area contributed by atoms with Gasteiger partial charge in [-0.3, -0.25) is 4.90 Å². The first-order valence-electron chi connectivity index (χ1n) is 10.5.